The third-order valence-electron chi connectivity index (χ3n) is 6.83. The SMILES string of the molecule is O=C1CN(Cc2ccc(N=C3NC(=O)/C(=C/c4ccc(OCc5ccc6c(c5)CCC6)cc4)S3)cc2)S(=O)(=O)N1. The fourth-order valence-corrected chi connectivity index (χ4v) is 6.73. The van der Waals surface area contributed by atoms with Crippen LogP contribution in [0.2, 0.25) is 0 Å². The summed E-state index contributed by atoms with van der Waals surface area (Å²) in [5.41, 5.74) is 6.25. The number of thioether (sulfide) groups is 1. The normalized spacial score (nSPS) is 20.1. The van der Waals surface area contributed by atoms with Crippen molar-refractivity contribution in [3.63, 3.8) is 0 Å². The summed E-state index contributed by atoms with van der Waals surface area (Å²) in [5.74, 6) is -0.00798. The van der Waals surface area contributed by atoms with Gasteiger partial charge in [-0.3, -0.25) is 9.59 Å². The van der Waals surface area contributed by atoms with Gasteiger partial charge in [-0.2, -0.15) is 12.7 Å². The Bertz CT molecular complexity index is 1650. The predicted octanol–water partition coefficient (Wildman–Crippen LogP) is 3.82. The van der Waals surface area contributed by atoms with Gasteiger partial charge >= 0.3 is 10.2 Å². The number of carbonyl (C=O) groups is 2. The summed E-state index contributed by atoms with van der Waals surface area (Å²) < 4.78 is 32.8. The number of nitrogens with one attached hydrogen (secondary N) is 2. The van der Waals surface area contributed by atoms with Crippen LogP contribution in [0.4, 0.5) is 5.69 Å². The smallest absolute Gasteiger partial charge is 0.304 e. The molecule has 0 radical (unpaired) electrons. The quantitative estimate of drug-likeness (QED) is 0.415. The summed E-state index contributed by atoms with van der Waals surface area (Å²) in [6.45, 7) is 0.393. The van der Waals surface area contributed by atoms with E-state index in [0.717, 1.165) is 22.0 Å². The minimum atomic E-state index is -3.78. The van der Waals surface area contributed by atoms with Crippen LogP contribution in [0, 0.1) is 0 Å². The molecule has 1 aliphatic carbocycles. The number of fused-ring (bicyclic) bond motifs is 1. The standard InChI is InChI=1S/C29H26N4O5S2/c34-27-17-33(40(36,37)32-27)16-20-5-10-24(11-6-20)30-29-31-28(35)26(39-29)15-19-7-12-25(13-8-19)38-18-21-4-9-22-2-1-3-23(22)14-21/h4-15H,1-3,16-18H2,(H,32,34)(H,30,31,35)/b26-15-. The van der Waals surface area contributed by atoms with Crippen molar-refractivity contribution >= 4 is 50.7 Å². The topological polar surface area (TPSA) is 117 Å². The Labute approximate surface area is 236 Å². The molecule has 11 heteroatoms. The summed E-state index contributed by atoms with van der Waals surface area (Å²) in [6, 6.07) is 21.1. The number of aryl methyl sites for hydroxylation is 2. The number of amidine groups is 1. The van der Waals surface area contributed by atoms with Crippen molar-refractivity contribution in [2.75, 3.05) is 6.54 Å². The van der Waals surface area contributed by atoms with Crippen LogP contribution in [0.3, 0.4) is 0 Å². The molecular formula is C29H26N4O5S2. The molecule has 40 heavy (non-hydrogen) atoms. The lowest BCUT2D eigenvalue weighted by molar-refractivity contribution is -0.118. The van der Waals surface area contributed by atoms with Crippen LogP contribution in [0.25, 0.3) is 6.08 Å². The lowest BCUT2D eigenvalue weighted by Gasteiger charge is -2.12. The highest BCUT2D eigenvalue weighted by atomic mass is 32.2. The van der Waals surface area contributed by atoms with Crippen LogP contribution in [0.1, 0.15) is 34.2 Å². The number of rotatable bonds is 7. The molecule has 0 saturated carbocycles. The van der Waals surface area contributed by atoms with Crippen molar-refractivity contribution < 1.29 is 22.7 Å². The molecule has 0 unspecified atom stereocenters. The second-order valence-corrected chi connectivity index (χ2v) is 12.5. The third kappa shape index (κ3) is 5.96. The van der Waals surface area contributed by atoms with E-state index in [2.05, 4.69) is 28.5 Å². The van der Waals surface area contributed by atoms with E-state index in [1.54, 1.807) is 24.3 Å². The summed E-state index contributed by atoms with van der Waals surface area (Å²) in [4.78, 5) is 28.9. The average molecular weight is 575 g/mol. The largest absolute Gasteiger partial charge is 0.489 e. The highest BCUT2D eigenvalue weighted by Crippen LogP contribution is 2.29. The van der Waals surface area contributed by atoms with Gasteiger partial charge in [-0.05, 0) is 89.2 Å². The number of hydrogen-bond donors (Lipinski definition) is 2. The van der Waals surface area contributed by atoms with Crippen LogP contribution < -0.4 is 14.8 Å². The zero-order chi connectivity index (χ0) is 27.7. The molecule has 3 aliphatic rings. The fraction of sp³-hybridized carbons (Fsp3) is 0.207. The number of ether oxygens (including phenoxy) is 1. The summed E-state index contributed by atoms with van der Waals surface area (Å²) in [7, 11) is -3.78. The lowest BCUT2D eigenvalue weighted by atomic mass is 10.1. The van der Waals surface area contributed by atoms with Gasteiger partial charge in [0.2, 0.25) is 5.91 Å². The van der Waals surface area contributed by atoms with Crippen LogP contribution in [0.5, 0.6) is 5.75 Å². The number of nitrogens with zero attached hydrogens (tertiary/aromatic N) is 2. The van der Waals surface area contributed by atoms with E-state index in [4.69, 9.17) is 4.74 Å². The first-order valence-corrected chi connectivity index (χ1v) is 15.1. The van der Waals surface area contributed by atoms with Gasteiger partial charge in [0.15, 0.2) is 5.17 Å². The zero-order valence-corrected chi connectivity index (χ0v) is 23.1. The maximum absolute atomic E-state index is 12.5. The first kappa shape index (κ1) is 26.3. The van der Waals surface area contributed by atoms with Crippen molar-refractivity contribution in [3.8, 4) is 5.75 Å². The Morgan fingerprint density at radius 3 is 2.45 bits per heavy atom. The van der Waals surface area contributed by atoms with Crippen LogP contribution in [0.15, 0.2) is 76.6 Å². The Morgan fingerprint density at radius 2 is 1.70 bits per heavy atom. The molecule has 204 valence electrons. The molecule has 6 rings (SSSR count). The lowest BCUT2D eigenvalue weighted by Crippen LogP contribution is -2.29. The second kappa shape index (κ2) is 10.9. The number of aliphatic imine (C=N–C) groups is 1. The van der Waals surface area contributed by atoms with Crippen molar-refractivity contribution in [2.45, 2.75) is 32.4 Å². The van der Waals surface area contributed by atoms with Crippen molar-refractivity contribution in [3.05, 3.63) is 99.5 Å². The van der Waals surface area contributed by atoms with E-state index in [1.165, 1.54) is 41.3 Å². The van der Waals surface area contributed by atoms with E-state index in [1.807, 2.05) is 35.1 Å². The number of amides is 2. The molecule has 0 aromatic heterocycles. The number of benzene rings is 3. The van der Waals surface area contributed by atoms with Crippen LogP contribution >= 0.6 is 11.8 Å². The van der Waals surface area contributed by atoms with Crippen molar-refractivity contribution in [1.82, 2.24) is 14.3 Å². The van der Waals surface area contributed by atoms with E-state index < -0.39 is 16.1 Å². The summed E-state index contributed by atoms with van der Waals surface area (Å²) in [5, 5.41) is 3.23. The summed E-state index contributed by atoms with van der Waals surface area (Å²) in [6.07, 6.45) is 5.35. The highest BCUT2D eigenvalue weighted by Gasteiger charge is 2.33. The summed E-state index contributed by atoms with van der Waals surface area (Å²) >= 11 is 1.25. The number of carbonyl (C=O) groups excluding carboxylic acids is 2. The Balaban J connectivity index is 1.05. The Morgan fingerprint density at radius 1 is 0.950 bits per heavy atom. The Kier molecular flexibility index (Phi) is 7.18. The molecule has 3 aromatic carbocycles. The maximum Gasteiger partial charge on any atom is 0.304 e. The third-order valence-corrected chi connectivity index (χ3v) is 9.16. The van der Waals surface area contributed by atoms with Crippen molar-refractivity contribution in [1.29, 1.82) is 0 Å². The van der Waals surface area contributed by atoms with E-state index in [9.17, 15) is 18.0 Å². The molecule has 2 N–H and O–H groups in total. The maximum atomic E-state index is 12.5. The van der Waals surface area contributed by atoms with Gasteiger partial charge in [-0.15, -0.1) is 0 Å². The average Bonchev–Trinajstić information content (AvgIpc) is 3.60. The molecule has 3 aromatic rings. The fourth-order valence-electron chi connectivity index (χ4n) is 4.80. The Hall–Kier alpha value is -3.93. The van der Waals surface area contributed by atoms with Gasteiger partial charge in [-0.1, -0.05) is 42.5 Å². The molecule has 2 heterocycles. The highest BCUT2D eigenvalue weighted by molar-refractivity contribution is 8.18. The van der Waals surface area contributed by atoms with E-state index in [-0.39, 0.29) is 19.0 Å². The molecule has 0 atom stereocenters. The molecule has 0 bridgehead atoms. The minimum Gasteiger partial charge on any atom is -0.489 e. The van der Waals surface area contributed by atoms with Gasteiger partial charge in [0.25, 0.3) is 5.91 Å². The van der Waals surface area contributed by atoms with Gasteiger partial charge in [0.1, 0.15) is 12.4 Å². The first-order chi connectivity index (χ1) is 19.3. The molecule has 2 saturated heterocycles. The first-order valence-electron chi connectivity index (χ1n) is 12.8. The predicted molar refractivity (Wildman–Crippen MR) is 154 cm³/mol. The minimum absolute atomic E-state index is 0.0775. The number of hydrogen-bond acceptors (Lipinski definition) is 7. The van der Waals surface area contributed by atoms with Crippen molar-refractivity contribution in [2.24, 2.45) is 4.99 Å². The van der Waals surface area contributed by atoms with Gasteiger partial charge in [-0.25, -0.2) is 9.71 Å². The van der Waals surface area contributed by atoms with Gasteiger partial charge in [0, 0.05) is 6.54 Å². The molecule has 2 fully saturated rings. The van der Waals surface area contributed by atoms with Gasteiger partial charge in [0.05, 0.1) is 17.1 Å². The van der Waals surface area contributed by atoms with Crippen LogP contribution in [-0.4, -0.2) is 36.2 Å². The second-order valence-electron chi connectivity index (χ2n) is 9.76. The molecule has 2 amide bonds. The van der Waals surface area contributed by atoms with Crippen LogP contribution in [-0.2, 0) is 45.8 Å². The molecular weight excluding hydrogens is 548 g/mol. The molecule has 9 nitrogen and oxygen atoms in total. The molecule has 2 aliphatic heterocycles. The molecule has 0 spiro atoms. The van der Waals surface area contributed by atoms with E-state index in [0.29, 0.717) is 27.9 Å². The van der Waals surface area contributed by atoms with Gasteiger partial charge < -0.3 is 10.1 Å². The zero-order valence-electron chi connectivity index (χ0n) is 21.4. The monoisotopic (exact) mass is 574 g/mol. The van der Waals surface area contributed by atoms with E-state index >= 15 is 0 Å².